The molecule has 30 heavy (non-hydrogen) atoms. The van der Waals surface area contributed by atoms with E-state index >= 15 is 0 Å². The molecule has 0 aliphatic heterocycles. The number of aromatic nitrogens is 2. The van der Waals surface area contributed by atoms with Crippen LogP contribution in [0.3, 0.4) is 0 Å². The first-order valence-corrected chi connectivity index (χ1v) is 10.5. The van der Waals surface area contributed by atoms with Gasteiger partial charge in [0.1, 0.15) is 4.83 Å². The molecule has 158 valence electrons. The van der Waals surface area contributed by atoms with Crippen molar-refractivity contribution >= 4 is 44.7 Å². The van der Waals surface area contributed by atoms with Crippen LogP contribution in [-0.4, -0.2) is 21.4 Å². The van der Waals surface area contributed by atoms with E-state index in [1.807, 2.05) is 34.6 Å². The topological polar surface area (TPSA) is 93.1 Å². The van der Waals surface area contributed by atoms with Crippen LogP contribution in [0.15, 0.2) is 35.4 Å². The highest BCUT2D eigenvalue weighted by molar-refractivity contribution is 7.18. The van der Waals surface area contributed by atoms with Crippen LogP contribution in [0.4, 0.5) is 11.4 Å². The predicted molar refractivity (Wildman–Crippen MR) is 121 cm³/mol. The Balaban J connectivity index is 1.65. The third-order valence-electron chi connectivity index (χ3n) is 4.82. The van der Waals surface area contributed by atoms with Crippen molar-refractivity contribution in [1.29, 1.82) is 0 Å². The number of aryl methyl sites for hydroxylation is 3. The van der Waals surface area contributed by atoms with Crippen LogP contribution in [0.2, 0.25) is 0 Å². The van der Waals surface area contributed by atoms with E-state index in [0.29, 0.717) is 16.8 Å². The van der Waals surface area contributed by atoms with Crippen molar-refractivity contribution in [2.24, 2.45) is 5.41 Å². The maximum atomic E-state index is 12.7. The second-order valence-electron chi connectivity index (χ2n) is 8.29. The fraction of sp³-hybridized carbons (Fsp3) is 0.364. The molecular weight excluding hydrogens is 400 g/mol. The molecule has 8 heteroatoms. The van der Waals surface area contributed by atoms with Crippen molar-refractivity contribution in [2.45, 2.75) is 47.6 Å². The Bertz CT molecular complexity index is 1170. The number of hydrogen-bond donors (Lipinski definition) is 2. The molecule has 2 heterocycles. The minimum Gasteiger partial charge on any atom is -0.326 e. The number of carbonyl (C=O) groups is 2. The predicted octanol–water partition coefficient (Wildman–Crippen LogP) is 4.09. The van der Waals surface area contributed by atoms with Crippen molar-refractivity contribution in [3.05, 3.63) is 51.4 Å². The summed E-state index contributed by atoms with van der Waals surface area (Å²) in [7, 11) is 0. The summed E-state index contributed by atoms with van der Waals surface area (Å²) in [5.74, 6) is -0.327. The lowest BCUT2D eigenvalue weighted by Crippen LogP contribution is -2.27. The molecule has 3 rings (SSSR count). The molecule has 2 N–H and O–H groups in total. The van der Waals surface area contributed by atoms with Crippen molar-refractivity contribution in [2.75, 3.05) is 10.6 Å². The molecule has 0 spiro atoms. The quantitative estimate of drug-likeness (QED) is 0.643. The van der Waals surface area contributed by atoms with Gasteiger partial charge in [-0.25, -0.2) is 4.98 Å². The molecule has 2 amide bonds. The molecule has 0 aliphatic rings. The average Bonchev–Trinajstić information content (AvgIpc) is 2.95. The highest BCUT2D eigenvalue weighted by atomic mass is 32.1. The van der Waals surface area contributed by atoms with E-state index < -0.39 is 5.41 Å². The van der Waals surface area contributed by atoms with Gasteiger partial charge in [-0.3, -0.25) is 19.0 Å². The number of carbonyl (C=O) groups excluding carboxylic acids is 2. The molecule has 0 fully saturated rings. The van der Waals surface area contributed by atoms with E-state index in [9.17, 15) is 14.4 Å². The number of nitrogens with zero attached hydrogens (tertiary/aromatic N) is 2. The van der Waals surface area contributed by atoms with Crippen molar-refractivity contribution in [3.63, 3.8) is 0 Å². The molecule has 1 aromatic carbocycles. The van der Waals surface area contributed by atoms with Crippen molar-refractivity contribution in [3.8, 4) is 0 Å². The van der Waals surface area contributed by atoms with Crippen LogP contribution in [0.5, 0.6) is 0 Å². The first kappa shape index (κ1) is 21.7. The first-order chi connectivity index (χ1) is 14.1. The minimum atomic E-state index is -0.513. The molecule has 0 radical (unpaired) electrons. The summed E-state index contributed by atoms with van der Waals surface area (Å²) in [5, 5.41) is 6.28. The van der Waals surface area contributed by atoms with Gasteiger partial charge in [-0.1, -0.05) is 26.8 Å². The van der Waals surface area contributed by atoms with Gasteiger partial charge in [0.25, 0.3) is 5.56 Å². The van der Waals surface area contributed by atoms with Crippen LogP contribution >= 0.6 is 11.3 Å². The van der Waals surface area contributed by atoms with E-state index in [0.717, 1.165) is 15.3 Å². The Morgan fingerprint density at radius 2 is 1.80 bits per heavy atom. The lowest BCUT2D eigenvalue weighted by atomic mass is 9.95. The van der Waals surface area contributed by atoms with Gasteiger partial charge in [0, 0.05) is 34.6 Å². The zero-order valence-corrected chi connectivity index (χ0v) is 18.6. The molecule has 0 unspecified atom stereocenters. The lowest BCUT2D eigenvalue weighted by molar-refractivity contribution is -0.123. The molecule has 3 aromatic rings. The van der Waals surface area contributed by atoms with Crippen molar-refractivity contribution in [1.82, 2.24) is 9.55 Å². The standard InChI is InChI=1S/C22H26N4O3S/c1-13-14(2)30-19-18(13)20(28)26(12-23-19)10-9-17(27)24-15-7-6-8-16(11-15)25-21(29)22(3,4)5/h6-8,11-12H,9-10H2,1-5H3,(H,24,27)(H,25,29). The molecule has 2 aromatic heterocycles. The van der Waals surface area contributed by atoms with Crippen molar-refractivity contribution < 1.29 is 9.59 Å². The monoisotopic (exact) mass is 426 g/mol. The molecular formula is C22H26N4O3S. The van der Waals surface area contributed by atoms with E-state index in [4.69, 9.17) is 0 Å². The summed E-state index contributed by atoms with van der Waals surface area (Å²) in [6.45, 7) is 9.63. The average molecular weight is 427 g/mol. The zero-order chi connectivity index (χ0) is 22.1. The molecule has 7 nitrogen and oxygen atoms in total. The lowest BCUT2D eigenvalue weighted by Gasteiger charge is -2.18. The molecule has 0 saturated carbocycles. The third-order valence-corrected chi connectivity index (χ3v) is 5.94. The Morgan fingerprint density at radius 1 is 1.13 bits per heavy atom. The zero-order valence-electron chi connectivity index (χ0n) is 17.8. The summed E-state index contributed by atoms with van der Waals surface area (Å²) in [4.78, 5) is 43.4. The van der Waals surface area contributed by atoms with Gasteiger partial charge in [-0.15, -0.1) is 11.3 Å². The van der Waals surface area contributed by atoms with E-state index in [-0.39, 0.29) is 30.3 Å². The van der Waals surface area contributed by atoms with E-state index in [1.165, 1.54) is 22.2 Å². The highest BCUT2D eigenvalue weighted by Gasteiger charge is 2.21. The molecule has 0 saturated heterocycles. The Labute approximate surface area is 179 Å². The summed E-state index contributed by atoms with van der Waals surface area (Å²) in [6, 6.07) is 6.99. The number of thiophene rings is 1. The number of nitrogens with one attached hydrogen (secondary N) is 2. The minimum absolute atomic E-state index is 0.104. The summed E-state index contributed by atoms with van der Waals surface area (Å²) < 4.78 is 1.47. The maximum Gasteiger partial charge on any atom is 0.262 e. The number of fused-ring (bicyclic) bond motifs is 1. The van der Waals surface area contributed by atoms with Gasteiger partial charge in [0.05, 0.1) is 11.7 Å². The van der Waals surface area contributed by atoms with Crippen LogP contribution in [0.25, 0.3) is 10.2 Å². The number of amides is 2. The van der Waals surface area contributed by atoms with E-state index in [1.54, 1.807) is 24.3 Å². The SMILES string of the molecule is Cc1sc2ncn(CCC(=O)Nc3cccc(NC(=O)C(C)(C)C)c3)c(=O)c2c1C. The second-order valence-corrected chi connectivity index (χ2v) is 9.49. The van der Waals surface area contributed by atoms with Crippen LogP contribution in [-0.2, 0) is 16.1 Å². The first-order valence-electron chi connectivity index (χ1n) is 9.73. The van der Waals surface area contributed by atoms with Gasteiger partial charge in [-0.05, 0) is 37.6 Å². The summed E-state index contributed by atoms with van der Waals surface area (Å²) in [6.07, 6.45) is 1.63. The second kappa shape index (κ2) is 8.39. The van der Waals surface area contributed by atoms with Gasteiger partial charge in [-0.2, -0.15) is 0 Å². The molecule has 0 atom stereocenters. The van der Waals surface area contributed by atoms with Crippen LogP contribution < -0.4 is 16.2 Å². The number of hydrogen-bond acceptors (Lipinski definition) is 5. The fourth-order valence-electron chi connectivity index (χ4n) is 2.87. The normalized spacial score (nSPS) is 11.5. The summed E-state index contributed by atoms with van der Waals surface area (Å²) in [5.41, 5.74) is 1.50. The maximum absolute atomic E-state index is 12.7. The largest absolute Gasteiger partial charge is 0.326 e. The summed E-state index contributed by atoms with van der Waals surface area (Å²) >= 11 is 1.50. The van der Waals surface area contributed by atoms with Gasteiger partial charge < -0.3 is 10.6 Å². The third kappa shape index (κ3) is 4.76. The van der Waals surface area contributed by atoms with Crippen LogP contribution in [0.1, 0.15) is 37.6 Å². The van der Waals surface area contributed by atoms with Gasteiger partial charge in [0.2, 0.25) is 11.8 Å². The number of rotatable bonds is 5. The fourth-order valence-corrected chi connectivity index (χ4v) is 3.86. The van der Waals surface area contributed by atoms with Gasteiger partial charge in [0.15, 0.2) is 0 Å². The van der Waals surface area contributed by atoms with E-state index in [2.05, 4.69) is 15.6 Å². The van der Waals surface area contributed by atoms with Crippen LogP contribution in [0, 0.1) is 19.3 Å². The molecule has 0 aliphatic carbocycles. The molecule has 0 bridgehead atoms. The Hall–Kier alpha value is -3.00. The highest BCUT2D eigenvalue weighted by Crippen LogP contribution is 2.25. The Kier molecular flexibility index (Phi) is 6.07. The number of benzene rings is 1. The Morgan fingerprint density at radius 3 is 2.47 bits per heavy atom. The van der Waals surface area contributed by atoms with Gasteiger partial charge >= 0.3 is 0 Å². The number of anilines is 2. The smallest absolute Gasteiger partial charge is 0.262 e.